The normalized spacial score (nSPS) is 22.7. The first-order chi connectivity index (χ1) is 12.8. The van der Waals surface area contributed by atoms with Gasteiger partial charge >= 0.3 is 0 Å². The highest BCUT2D eigenvalue weighted by Gasteiger charge is 2.22. The highest BCUT2D eigenvalue weighted by molar-refractivity contribution is 7.12. The maximum Gasteiger partial charge on any atom is 0.0962 e. The topological polar surface area (TPSA) is 69.2 Å². The molecule has 2 N–H and O–H groups in total. The van der Waals surface area contributed by atoms with Crippen LogP contribution in [0.15, 0.2) is 18.3 Å². The van der Waals surface area contributed by atoms with Crippen molar-refractivity contribution in [1.29, 1.82) is 0 Å². The molecule has 0 aromatic carbocycles. The highest BCUT2D eigenvalue weighted by atomic mass is 32.1. The Morgan fingerprint density at radius 3 is 2.81 bits per heavy atom. The molecule has 0 radical (unpaired) electrons. The molecule has 2 aromatic rings. The van der Waals surface area contributed by atoms with Gasteiger partial charge in [-0.1, -0.05) is 5.21 Å². The van der Waals surface area contributed by atoms with Gasteiger partial charge in [0.2, 0.25) is 0 Å². The summed E-state index contributed by atoms with van der Waals surface area (Å²) in [7, 11) is 0. The van der Waals surface area contributed by atoms with Crippen LogP contribution in [-0.4, -0.2) is 39.6 Å². The fourth-order valence-corrected chi connectivity index (χ4v) is 5.09. The smallest absolute Gasteiger partial charge is 0.0962 e. The van der Waals surface area contributed by atoms with Crippen molar-refractivity contribution in [3.63, 3.8) is 0 Å². The number of nitrogens with two attached hydrogens (primary N) is 1. The molecular formula is C19H29N5OS. The third kappa shape index (κ3) is 4.52. The van der Waals surface area contributed by atoms with Crippen molar-refractivity contribution >= 4 is 11.3 Å². The Bertz CT molecular complexity index is 686. The van der Waals surface area contributed by atoms with Gasteiger partial charge < -0.3 is 10.5 Å². The van der Waals surface area contributed by atoms with Crippen molar-refractivity contribution in [2.75, 3.05) is 19.7 Å². The quantitative estimate of drug-likeness (QED) is 0.841. The molecule has 0 bridgehead atoms. The van der Waals surface area contributed by atoms with Crippen molar-refractivity contribution in [3.8, 4) is 0 Å². The molecule has 2 aliphatic heterocycles. The molecule has 26 heavy (non-hydrogen) atoms. The van der Waals surface area contributed by atoms with Gasteiger partial charge in [0.25, 0.3) is 0 Å². The van der Waals surface area contributed by atoms with E-state index in [9.17, 15) is 0 Å². The molecule has 142 valence electrons. The minimum absolute atomic E-state index is 0.342. The first kappa shape index (κ1) is 18.1. The summed E-state index contributed by atoms with van der Waals surface area (Å²) in [6.07, 6.45) is 8.46. The second-order valence-corrected chi connectivity index (χ2v) is 8.71. The summed E-state index contributed by atoms with van der Waals surface area (Å²) in [5, 5.41) is 8.26. The minimum atomic E-state index is 0.342. The molecule has 0 unspecified atom stereocenters. The Balaban J connectivity index is 1.24. The first-order valence-electron chi connectivity index (χ1n) is 9.82. The molecule has 2 aliphatic rings. The van der Waals surface area contributed by atoms with Gasteiger partial charge in [-0.25, -0.2) is 0 Å². The second-order valence-electron chi connectivity index (χ2n) is 7.51. The van der Waals surface area contributed by atoms with Crippen LogP contribution in [0.25, 0.3) is 0 Å². The largest absolute Gasteiger partial charge is 0.373 e. The van der Waals surface area contributed by atoms with Gasteiger partial charge in [-0.05, 0) is 63.2 Å². The monoisotopic (exact) mass is 375 g/mol. The lowest BCUT2D eigenvalue weighted by molar-refractivity contribution is 0.0172. The summed E-state index contributed by atoms with van der Waals surface area (Å²) >= 11 is 1.94. The lowest BCUT2D eigenvalue weighted by Gasteiger charge is -2.31. The zero-order valence-corrected chi connectivity index (χ0v) is 16.2. The van der Waals surface area contributed by atoms with Crippen LogP contribution < -0.4 is 5.73 Å². The van der Waals surface area contributed by atoms with E-state index >= 15 is 0 Å². The summed E-state index contributed by atoms with van der Waals surface area (Å²) in [6, 6.07) is 4.58. The van der Waals surface area contributed by atoms with Crippen LogP contribution in [0.3, 0.4) is 0 Å². The number of ether oxygens (including phenoxy) is 1. The van der Waals surface area contributed by atoms with Gasteiger partial charge in [0.15, 0.2) is 0 Å². The van der Waals surface area contributed by atoms with E-state index in [0.29, 0.717) is 18.6 Å². The van der Waals surface area contributed by atoms with Gasteiger partial charge in [0.05, 0.1) is 11.8 Å². The molecule has 4 rings (SSSR count). The zero-order valence-electron chi connectivity index (χ0n) is 15.3. The highest BCUT2D eigenvalue weighted by Crippen LogP contribution is 2.33. The van der Waals surface area contributed by atoms with E-state index in [1.807, 2.05) is 22.2 Å². The molecule has 4 heterocycles. The van der Waals surface area contributed by atoms with Crippen LogP contribution in [0.2, 0.25) is 0 Å². The predicted octanol–water partition coefficient (Wildman–Crippen LogP) is 2.95. The van der Waals surface area contributed by atoms with Gasteiger partial charge in [-0.3, -0.25) is 9.58 Å². The molecule has 2 fully saturated rings. The van der Waals surface area contributed by atoms with E-state index in [1.54, 1.807) is 0 Å². The molecular weight excluding hydrogens is 346 g/mol. The third-order valence-electron chi connectivity index (χ3n) is 5.51. The lowest BCUT2D eigenvalue weighted by Crippen LogP contribution is -2.34. The Kier molecular flexibility index (Phi) is 5.99. The van der Waals surface area contributed by atoms with Gasteiger partial charge in [0, 0.05) is 42.2 Å². The number of aromatic nitrogens is 3. The average molecular weight is 376 g/mol. The first-order valence-corrected chi connectivity index (χ1v) is 10.6. The number of likely N-dealkylation sites (tertiary alicyclic amines) is 1. The van der Waals surface area contributed by atoms with E-state index < -0.39 is 0 Å². The molecule has 0 amide bonds. The number of thiophene rings is 1. The van der Waals surface area contributed by atoms with Crippen molar-refractivity contribution in [1.82, 2.24) is 19.9 Å². The molecule has 2 saturated heterocycles. The lowest BCUT2D eigenvalue weighted by atomic mass is 9.97. The summed E-state index contributed by atoms with van der Waals surface area (Å²) < 4.78 is 7.88. The number of rotatable bonds is 6. The zero-order chi connectivity index (χ0) is 17.8. The molecule has 2 aromatic heterocycles. The Labute approximate surface area is 159 Å². The van der Waals surface area contributed by atoms with Crippen molar-refractivity contribution < 1.29 is 4.74 Å². The number of hydrogen-bond donors (Lipinski definition) is 1. The molecule has 1 atom stereocenters. The van der Waals surface area contributed by atoms with E-state index in [1.165, 1.54) is 41.9 Å². The van der Waals surface area contributed by atoms with Crippen LogP contribution >= 0.6 is 11.3 Å². The summed E-state index contributed by atoms with van der Waals surface area (Å²) in [6.45, 7) is 5.75. The van der Waals surface area contributed by atoms with Crippen LogP contribution in [0.5, 0.6) is 0 Å². The van der Waals surface area contributed by atoms with Gasteiger partial charge in [0.1, 0.15) is 0 Å². The van der Waals surface area contributed by atoms with Crippen LogP contribution in [0.1, 0.15) is 53.7 Å². The van der Waals surface area contributed by atoms with Crippen molar-refractivity contribution in [2.24, 2.45) is 11.7 Å². The summed E-state index contributed by atoms with van der Waals surface area (Å²) in [4.78, 5) is 5.47. The van der Waals surface area contributed by atoms with Gasteiger partial charge in [-0.15, -0.1) is 16.4 Å². The summed E-state index contributed by atoms with van der Waals surface area (Å²) in [5.74, 6) is 0.688. The van der Waals surface area contributed by atoms with Crippen LogP contribution in [0.4, 0.5) is 0 Å². The third-order valence-corrected chi connectivity index (χ3v) is 6.67. The maximum absolute atomic E-state index is 5.92. The Morgan fingerprint density at radius 2 is 2.08 bits per heavy atom. The molecule has 0 aliphatic carbocycles. The van der Waals surface area contributed by atoms with E-state index in [4.69, 9.17) is 10.5 Å². The molecule has 7 heteroatoms. The predicted molar refractivity (Wildman–Crippen MR) is 103 cm³/mol. The SMILES string of the molecule is NCc1cn(CC2CCN(Cc3ccc([C@H]4CCCCO4)s3)CC2)nn1. The standard InChI is InChI=1S/C19H29N5OS/c20-11-16-13-24(22-21-16)12-15-6-8-23(9-7-15)14-17-4-5-19(26-17)18-3-1-2-10-25-18/h4-5,13,15,18H,1-3,6-12,14,20H2/t18-/m1/s1. The minimum Gasteiger partial charge on any atom is -0.373 e. The summed E-state index contributed by atoms with van der Waals surface area (Å²) in [5.41, 5.74) is 6.48. The number of piperidine rings is 1. The van der Waals surface area contributed by atoms with Crippen molar-refractivity contribution in [3.05, 3.63) is 33.8 Å². The fourth-order valence-electron chi connectivity index (χ4n) is 3.95. The maximum atomic E-state index is 5.92. The van der Waals surface area contributed by atoms with E-state index in [2.05, 4.69) is 27.3 Å². The van der Waals surface area contributed by atoms with Crippen molar-refractivity contribution in [2.45, 2.75) is 57.8 Å². The Hall–Kier alpha value is -1.28. The molecule has 6 nitrogen and oxygen atoms in total. The Morgan fingerprint density at radius 1 is 1.19 bits per heavy atom. The number of hydrogen-bond acceptors (Lipinski definition) is 6. The van der Waals surface area contributed by atoms with E-state index in [0.717, 1.165) is 38.5 Å². The fraction of sp³-hybridized carbons (Fsp3) is 0.684. The number of nitrogens with zero attached hydrogens (tertiary/aromatic N) is 4. The van der Waals surface area contributed by atoms with Crippen LogP contribution in [0, 0.1) is 5.92 Å². The van der Waals surface area contributed by atoms with Gasteiger partial charge in [-0.2, -0.15) is 0 Å². The average Bonchev–Trinajstić information content (AvgIpc) is 3.33. The molecule has 0 spiro atoms. The second kappa shape index (κ2) is 8.61. The van der Waals surface area contributed by atoms with E-state index in [-0.39, 0.29) is 0 Å². The molecule has 0 saturated carbocycles. The van der Waals surface area contributed by atoms with Crippen LogP contribution in [-0.2, 0) is 24.4 Å².